The van der Waals surface area contributed by atoms with E-state index in [2.05, 4.69) is 49.2 Å². The Labute approximate surface area is 151 Å². The second-order valence-electron chi connectivity index (χ2n) is 6.84. The highest BCUT2D eigenvalue weighted by Crippen LogP contribution is 2.09. The van der Waals surface area contributed by atoms with Gasteiger partial charge in [0.25, 0.3) is 0 Å². The standard InChI is InChI=1S/C18H33N7/c1-16(2)6-4-7-20-17(19-3)21-10-11-24-12-14-25(15-13-24)18-22-8-5-9-23-18/h5,8-9,16H,4,6-7,10-15H2,1-3H3,(H2,19,20,21). The molecule has 1 saturated heterocycles. The average Bonchev–Trinajstić information content (AvgIpc) is 2.64. The van der Waals surface area contributed by atoms with Gasteiger partial charge in [0.05, 0.1) is 0 Å². The van der Waals surface area contributed by atoms with E-state index < -0.39 is 0 Å². The maximum absolute atomic E-state index is 4.33. The van der Waals surface area contributed by atoms with Crippen molar-refractivity contribution in [2.45, 2.75) is 26.7 Å². The molecule has 0 atom stereocenters. The van der Waals surface area contributed by atoms with E-state index in [0.717, 1.165) is 63.6 Å². The minimum Gasteiger partial charge on any atom is -0.356 e. The molecule has 0 unspecified atom stereocenters. The zero-order chi connectivity index (χ0) is 17.9. The van der Waals surface area contributed by atoms with E-state index in [0.29, 0.717) is 0 Å². The zero-order valence-corrected chi connectivity index (χ0v) is 15.9. The van der Waals surface area contributed by atoms with Crippen LogP contribution in [0.25, 0.3) is 0 Å². The maximum Gasteiger partial charge on any atom is 0.225 e. The smallest absolute Gasteiger partial charge is 0.225 e. The molecule has 1 aromatic heterocycles. The van der Waals surface area contributed by atoms with E-state index in [-0.39, 0.29) is 0 Å². The van der Waals surface area contributed by atoms with Gasteiger partial charge >= 0.3 is 0 Å². The van der Waals surface area contributed by atoms with Crippen molar-refractivity contribution in [1.29, 1.82) is 0 Å². The van der Waals surface area contributed by atoms with Gasteiger partial charge in [0.15, 0.2) is 5.96 Å². The van der Waals surface area contributed by atoms with Gasteiger partial charge in [-0.15, -0.1) is 0 Å². The van der Waals surface area contributed by atoms with E-state index in [4.69, 9.17) is 0 Å². The van der Waals surface area contributed by atoms with Crippen LogP contribution in [-0.2, 0) is 0 Å². The fraction of sp³-hybridized carbons (Fsp3) is 0.722. The Kier molecular flexibility index (Phi) is 8.45. The Bertz CT molecular complexity index is 495. The Balaban J connectivity index is 1.59. The summed E-state index contributed by atoms with van der Waals surface area (Å²) in [6.07, 6.45) is 6.04. The molecule has 0 aliphatic carbocycles. The van der Waals surface area contributed by atoms with E-state index >= 15 is 0 Å². The van der Waals surface area contributed by atoms with Crippen molar-refractivity contribution in [3.63, 3.8) is 0 Å². The highest BCUT2D eigenvalue weighted by Gasteiger charge is 2.18. The Morgan fingerprint density at radius 1 is 1.12 bits per heavy atom. The number of guanidine groups is 1. The molecule has 1 fully saturated rings. The minimum absolute atomic E-state index is 0.761. The van der Waals surface area contributed by atoms with E-state index in [1.165, 1.54) is 12.8 Å². The number of aromatic nitrogens is 2. The molecule has 0 saturated carbocycles. The third kappa shape index (κ3) is 7.25. The second kappa shape index (κ2) is 10.9. The van der Waals surface area contributed by atoms with Crippen LogP contribution < -0.4 is 15.5 Å². The molecule has 2 N–H and O–H groups in total. The molecule has 0 amide bonds. The number of anilines is 1. The summed E-state index contributed by atoms with van der Waals surface area (Å²) in [7, 11) is 1.83. The van der Waals surface area contributed by atoms with Crippen molar-refractivity contribution in [2.75, 3.05) is 57.8 Å². The first-order valence-corrected chi connectivity index (χ1v) is 9.38. The number of hydrogen-bond acceptors (Lipinski definition) is 5. The molecule has 0 bridgehead atoms. The van der Waals surface area contributed by atoms with Crippen LogP contribution in [0.5, 0.6) is 0 Å². The number of nitrogens with one attached hydrogen (secondary N) is 2. The SMILES string of the molecule is CN=C(NCCCC(C)C)NCCN1CCN(c2ncccn2)CC1. The van der Waals surface area contributed by atoms with Gasteiger partial charge < -0.3 is 15.5 Å². The predicted octanol–water partition coefficient (Wildman–Crippen LogP) is 1.20. The summed E-state index contributed by atoms with van der Waals surface area (Å²) < 4.78 is 0. The van der Waals surface area contributed by atoms with Crippen molar-refractivity contribution in [1.82, 2.24) is 25.5 Å². The molecular formula is C18H33N7. The van der Waals surface area contributed by atoms with E-state index in [1.807, 2.05) is 13.1 Å². The predicted molar refractivity (Wildman–Crippen MR) is 104 cm³/mol. The first kappa shape index (κ1) is 19.4. The molecule has 140 valence electrons. The molecule has 7 nitrogen and oxygen atoms in total. The van der Waals surface area contributed by atoms with Gasteiger partial charge in [-0.2, -0.15) is 0 Å². The zero-order valence-electron chi connectivity index (χ0n) is 15.9. The van der Waals surface area contributed by atoms with Gasteiger partial charge in [-0.25, -0.2) is 9.97 Å². The number of piperazine rings is 1. The highest BCUT2D eigenvalue weighted by molar-refractivity contribution is 5.79. The fourth-order valence-corrected chi connectivity index (χ4v) is 2.90. The number of nitrogens with zero attached hydrogens (tertiary/aromatic N) is 5. The van der Waals surface area contributed by atoms with Gasteiger partial charge in [-0.3, -0.25) is 9.89 Å². The lowest BCUT2D eigenvalue weighted by Crippen LogP contribution is -2.49. The second-order valence-corrected chi connectivity index (χ2v) is 6.84. The van der Waals surface area contributed by atoms with Gasteiger partial charge in [0.1, 0.15) is 0 Å². The van der Waals surface area contributed by atoms with Crippen LogP contribution in [-0.4, -0.2) is 73.7 Å². The molecule has 0 radical (unpaired) electrons. The fourth-order valence-electron chi connectivity index (χ4n) is 2.90. The summed E-state index contributed by atoms with van der Waals surface area (Å²) in [5.74, 6) is 2.50. The summed E-state index contributed by atoms with van der Waals surface area (Å²) in [6.45, 7) is 11.5. The van der Waals surface area contributed by atoms with E-state index in [1.54, 1.807) is 12.4 Å². The normalized spacial score (nSPS) is 16.3. The maximum atomic E-state index is 4.33. The van der Waals surface area contributed by atoms with Gasteiger partial charge in [-0.05, 0) is 24.8 Å². The van der Waals surface area contributed by atoms with Crippen molar-refractivity contribution in [3.05, 3.63) is 18.5 Å². The molecule has 2 rings (SSSR count). The topological polar surface area (TPSA) is 68.7 Å². The molecule has 1 aliphatic rings. The number of hydrogen-bond donors (Lipinski definition) is 2. The van der Waals surface area contributed by atoms with Crippen LogP contribution >= 0.6 is 0 Å². The van der Waals surface area contributed by atoms with Crippen LogP contribution in [0.4, 0.5) is 5.95 Å². The molecule has 2 heterocycles. The van der Waals surface area contributed by atoms with Crippen molar-refractivity contribution < 1.29 is 0 Å². The number of aliphatic imine (C=N–C) groups is 1. The lowest BCUT2D eigenvalue weighted by atomic mass is 10.1. The summed E-state index contributed by atoms with van der Waals surface area (Å²) >= 11 is 0. The van der Waals surface area contributed by atoms with Crippen LogP contribution in [0.15, 0.2) is 23.5 Å². The first-order chi connectivity index (χ1) is 12.2. The van der Waals surface area contributed by atoms with Crippen LogP contribution in [0.3, 0.4) is 0 Å². The minimum atomic E-state index is 0.761. The van der Waals surface area contributed by atoms with Crippen molar-refractivity contribution in [3.8, 4) is 0 Å². The van der Waals surface area contributed by atoms with Crippen LogP contribution in [0, 0.1) is 5.92 Å². The van der Waals surface area contributed by atoms with Gasteiger partial charge in [-0.1, -0.05) is 13.8 Å². The quantitative estimate of drug-likeness (QED) is 0.418. The third-order valence-corrected chi connectivity index (χ3v) is 4.40. The summed E-state index contributed by atoms with van der Waals surface area (Å²) in [4.78, 5) is 17.7. The van der Waals surface area contributed by atoms with Crippen LogP contribution in [0.1, 0.15) is 26.7 Å². The largest absolute Gasteiger partial charge is 0.356 e. The summed E-state index contributed by atoms with van der Waals surface area (Å²) in [5.41, 5.74) is 0. The molecule has 0 aromatic carbocycles. The molecule has 0 spiro atoms. The number of rotatable bonds is 8. The lowest BCUT2D eigenvalue weighted by molar-refractivity contribution is 0.260. The monoisotopic (exact) mass is 347 g/mol. The molecule has 25 heavy (non-hydrogen) atoms. The summed E-state index contributed by atoms with van der Waals surface area (Å²) in [6, 6.07) is 1.86. The molecule has 1 aromatic rings. The van der Waals surface area contributed by atoms with Crippen molar-refractivity contribution in [2.24, 2.45) is 10.9 Å². The Morgan fingerprint density at radius 2 is 1.80 bits per heavy atom. The average molecular weight is 348 g/mol. The van der Waals surface area contributed by atoms with E-state index in [9.17, 15) is 0 Å². The molecular weight excluding hydrogens is 314 g/mol. The van der Waals surface area contributed by atoms with Crippen molar-refractivity contribution >= 4 is 11.9 Å². The molecule has 1 aliphatic heterocycles. The highest BCUT2D eigenvalue weighted by atomic mass is 15.3. The Hall–Kier alpha value is -1.89. The lowest BCUT2D eigenvalue weighted by Gasteiger charge is -2.34. The Morgan fingerprint density at radius 3 is 2.44 bits per heavy atom. The summed E-state index contributed by atoms with van der Waals surface area (Å²) in [5, 5.41) is 6.79. The van der Waals surface area contributed by atoms with Gasteiger partial charge in [0, 0.05) is 65.3 Å². The third-order valence-electron chi connectivity index (χ3n) is 4.40. The van der Waals surface area contributed by atoms with Crippen LogP contribution in [0.2, 0.25) is 0 Å². The molecule has 7 heteroatoms. The first-order valence-electron chi connectivity index (χ1n) is 9.38. The van der Waals surface area contributed by atoms with Gasteiger partial charge in [0.2, 0.25) is 5.95 Å².